The zero-order chi connectivity index (χ0) is 12.9. The van der Waals surface area contributed by atoms with E-state index in [1.807, 2.05) is 12.1 Å². The van der Waals surface area contributed by atoms with Crippen molar-refractivity contribution < 1.29 is 8.42 Å². The molecule has 0 aliphatic rings. The first-order valence-corrected chi connectivity index (χ1v) is 8.04. The first kappa shape index (κ1) is 14.5. The van der Waals surface area contributed by atoms with E-state index in [0.29, 0.717) is 11.3 Å². The van der Waals surface area contributed by atoms with Crippen LogP contribution in [0.1, 0.15) is 32.3 Å². The van der Waals surface area contributed by atoms with Gasteiger partial charge in [0.05, 0.1) is 10.6 Å². The van der Waals surface area contributed by atoms with Crippen LogP contribution in [0.15, 0.2) is 29.2 Å². The fourth-order valence-electron chi connectivity index (χ4n) is 1.79. The highest BCUT2D eigenvalue weighted by Crippen LogP contribution is 2.21. The Balaban J connectivity index is 3.01. The number of alkyl halides is 1. The second-order valence-electron chi connectivity index (χ2n) is 4.10. The van der Waals surface area contributed by atoms with E-state index in [0.717, 1.165) is 18.4 Å². The van der Waals surface area contributed by atoms with Gasteiger partial charge in [-0.2, -0.15) is 0 Å². The number of hydrogen-bond donors (Lipinski definition) is 0. The number of hydrogen-bond acceptors (Lipinski definition) is 2. The zero-order valence-corrected chi connectivity index (χ0v) is 11.9. The van der Waals surface area contributed by atoms with E-state index in [9.17, 15) is 8.42 Å². The third kappa shape index (κ3) is 4.00. The highest BCUT2D eigenvalue weighted by molar-refractivity contribution is 7.91. The molecular formula is C13H19ClO2S. The Morgan fingerprint density at radius 1 is 1.24 bits per heavy atom. The quantitative estimate of drug-likeness (QED) is 0.745. The van der Waals surface area contributed by atoms with Gasteiger partial charge in [-0.1, -0.05) is 38.5 Å². The van der Waals surface area contributed by atoms with Gasteiger partial charge in [-0.15, -0.1) is 11.6 Å². The summed E-state index contributed by atoms with van der Waals surface area (Å²) in [6.07, 6.45) is 2.53. The topological polar surface area (TPSA) is 34.1 Å². The van der Waals surface area contributed by atoms with Crippen molar-refractivity contribution >= 4 is 21.4 Å². The Labute approximate surface area is 109 Å². The van der Waals surface area contributed by atoms with Crippen molar-refractivity contribution in [2.24, 2.45) is 0 Å². The molecule has 0 saturated carbocycles. The molecule has 0 aliphatic carbocycles. The number of sulfone groups is 1. The second-order valence-corrected chi connectivity index (χ2v) is 6.97. The molecule has 96 valence electrons. The summed E-state index contributed by atoms with van der Waals surface area (Å²) >= 11 is 6.19. The van der Waals surface area contributed by atoms with Crippen LogP contribution in [0.4, 0.5) is 0 Å². The molecule has 0 heterocycles. The van der Waals surface area contributed by atoms with Gasteiger partial charge in [-0.25, -0.2) is 8.42 Å². The smallest absolute Gasteiger partial charge is 0.178 e. The summed E-state index contributed by atoms with van der Waals surface area (Å²) in [5, 5.41) is 0.00760. The van der Waals surface area contributed by atoms with E-state index in [-0.39, 0.29) is 11.1 Å². The van der Waals surface area contributed by atoms with Gasteiger partial charge in [0.25, 0.3) is 0 Å². The summed E-state index contributed by atoms with van der Waals surface area (Å²) in [5.41, 5.74) is 0.836. The predicted molar refractivity (Wildman–Crippen MR) is 72.4 cm³/mol. The zero-order valence-electron chi connectivity index (χ0n) is 10.3. The van der Waals surface area contributed by atoms with E-state index in [2.05, 4.69) is 6.92 Å². The van der Waals surface area contributed by atoms with Crippen LogP contribution in [0, 0.1) is 0 Å². The Kier molecular flexibility index (Phi) is 5.47. The van der Waals surface area contributed by atoms with Crippen molar-refractivity contribution in [3.63, 3.8) is 0 Å². The van der Waals surface area contributed by atoms with Crippen LogP contribution in [-0.2, 0) is 16.3 Å². The molecule has 1 aromatic rings. The molecule has 0 spiro atoms. The molecular weight excluding hydrogens is 256 g/mol. The van der Waals surface area contributed by atoms with E-state index in [1.54, 1.807) is 19.1 Å². The molecule has 0 bridgehead atoms. The van der Waals surface area contributed by atoms with Crippen molar-refractivity contribution in [1.29, 1.82) is 0 Å². The average molecular weight is 275 g/mol. The summed E-state index contributed by atoms with van der Waals surface area (Å²) in [6, 6.07) is 7.14. The Morgan fingerprint density at radius 2 is 1.88 bits per heavy atom. The lowest BCUT2D eigenvalue weighted by Gasteiger charge is -2.12. The first-order chi connectivity index (χ1) is 8.01. The van der Waals surface area contributed by atoms with Crippen LogP contribution in [0.5, 0.6) is 0 Å². The standard InChI is InChI=1S/C13H19ClO2S/c1-3-7-12(14)10-11-8-5-6-9-13(11)17(15,16)4-2/h5-6,8-9,12H,3-4,7,10H2,1-2H3. The largest absolute Gasteiger partial charge is 0.224 e. The van der Waals surface area contributed by atoms with Gasteiger partial charge in [0, 0.05) is 5.38 Å². The van der Waals surface area contributed by atoms with Crippen molar-refractivity contribution in [2.75, 3.05) is 5.75 Å². The van der Waals surface area contributed by atoms with Gasteiger partial charge in [-0.3, -0.25) is 0 Å². The summed E-state index contributed by atoms with van der Waals surface area (Å²) in [6.45, 7) is 3.74. The molecule has 4 heteroatoms. The van der Waals surface area contributed by atoms with Gasteiger partial charge in [0.15, 0.2) is 9.84 Å². The lowest BCUT2D eigenvalue weighted by Crippen LogP contribution is -2.11. The van der Waals surface area contributed by atoms with Crippen molar-refractivity contribution in [3.8, 4) is 0 Å². The summed E-state index contributed by atoms with van der Waals surface area (Å²) in [4.78, 5) is 0.434. The molecule has 17 heavy (non-hydrogen) atoms. The van der Waals surface area contributed by atoms with E-state index in [4.69, 9.17) is 11.6 Å². The molecule has 1 aromatic carbocycles. The summed E-state index contributed by atoms with van der Waals surface area (Å²) < 4.78 is 23.8. The maximum Gasteiger partial charge on any atom is 0.178 e. The van der Waals surface area contributed by atoms with Crippen LogP contribution in [-0.4, -0.2) is 19.5 Å². The molecule has 0 aromatic heterocycles. The lowest BCUT2D eigenvalue weighted by molar-refractivity contribution is 0.595. The Hall–Kier alpha value is -0.540. The molecule has 0 radical (unpaired) electrons. The Morgan fingerprint density at radius 3 is 2.47 bits per heavy atom. The number of benzene rings is 1. The normalized spacial score (nSPS) is 13.6. The van der Waals surface area contributed by atoms with E-state index < -0.39 is 9.84 Å². The van der Waals surface area contributed by atoms with Crippen LogP contribution in [0.25, 0.3) is 0 Å². The molecule has 2 nitrogen and oxygen atoms in total. The molecule has 0 N–H and O–H groups in total. The van der Waals surface area contributed by atoms with Crippen LogP contribution < -0.4 is 0 Å². The predicted octanol–water partition coefficient (Wildman–Crippen LogP) is 3.43. The first-order valence-electron chi connectivity index (χ1n) is 5.96. The molecule has 1 unspecified atom stereocenters. The van der Waals surface area contributed by atoms with Gasteiger partial charge < -0.3 is 0 Å². The minimum atomic E-state index is -3.15. The fourth-order valence-corrected chi connectivity index (χ4v) is 3.32. The molecule has 0 amide bonds. The monoisotopic (exact) mass is 274 g/mol. The van der Waals surface area contributed by atoms with Crippen LogP contribution in [0.3, 0.4) is 0 Å². The summed E-state index contributed by atoms with van der Waals surface area (Å²) in [7, 11) is -3.15. The third-order valence-corrected chi connectivity index (χ3v) is 4.93. The molecule has 1 atom stereocenters. The summed E-state index contributed by atoms with van der Waals surface area (Å²) in [5.74, 6) is 0.130. The van der Waals surface area contributed by atoms with Crippen molar-refractivity contribution in [3.05, 3.63) is 29.8 Å². The molecule has 0 fully saturated rings. The fraction of sp³-hybridized carbons (Fsp3) is 0.538. The van der Waals surface area contributed by atoms with Crippen molar-refractivity contribution in [1.82, 2.24) is 0 Å². The SMILES string of the molecule is CCCC(Cl)Cc1ccccc1S(=O)(=O)CC. The number of rotatable bonds is 6. The lowest BCUT2D eigenvalue weighted by atomic mass is 10.1. The van der Waals surface area contributed by atoms with Crippen molar-refractivity contribution in [2.45, 2.75) is 43.4 Å². The van der Waals surface area contributed by atoms with Crippen LogP contribution in [0.2, 0.25) is 0 Å². The van der Waals surface area contributed by atoms with E-state index in [1.165, 1.54) is 0 Å². The van der Waals surface area contributed by atoms with Gasteiger partial charge in [0.2, 0.25) is 0 Å². The van der Waals surface area contributed by atoms with Gasteiger partial charge >= 0.3 is 0 Å². The maximum atomic E-state index is 11.9. The van der Waals surface area contributed by atoms with E-state index >= 15 is 0 Å². The maximum absolute atomic E-state index is 11.9. The highest BCUT2D eigenvalue weighted by Gasteiger charge is 2.17. The Bertz CT molecular complexity index is 454. The van der Waals surface area contributed by atoms with Crippen LogP contribution >= 0.6 is 11.6 Å². The molecule has 0 saturated heterocycles. The van der Waals surface area contributed by atoms with Gasteiger partial charge in [-0.05, 0) is 24.5 Å². The average Bonchev–Trinajstić information content (AvgIpc) is 2.30. The number of halogens is 1. The molecule has 0 aliphatic heterocycles. The highest BCUT2D eigenvalue weighted by atomic mass is 35.5. The third-order valence-electron chi connectivity index (χ3n) is 2.73. The molecule has 1 rings (SSSR count). The minimum absolute atomic E-state index is 0.00760. The minimum Gasteiger partial charge on any atom is -0.224 e. The van der Waals surface area contributed by atoms with Gasteiger partial charge in [0.1, 0.15) is 0 Å². The second kappa shape index (κ2) is 6.41.